The molecule has 0 radical (unpaired) electrons. The van der Waals surface area contributed by atoms with Crippen LogP contribution in [0.15, 0.2) is 88.7 Å². The van der Waals surface area contributed by atoms with Gasteiger partial charge in [-0.05, 0) is 49.7 Å². The van der Waals surface area contributed by atoms with Crippen LogP contribution in [-0.4, -0.2) is 23.8 Å². The maximum absolute atomic E-state index is 12.5. The van der Waals surface area contributed by atoms with Crippen LogP contribution in [0.5, 0.6) is 0 Å². The van der Waals surface area contributed by atoms with Crippen LogP contribution in [0.2, 0.25) is 0 Å². The number of hydrogen-bond acceptors (Lipinski definition) is 5. The third-order valence-corrected chi connectivity index (χ3v) is 5.96. The van der Waals surface area contributed by atoms with E-state index in [4.69, 9.17) is 4.74 Å². The van der Waals surface area contributed by atoms with Gasteiger partial charge in [-0.1, -0.05) is 66.7 Å². The first-order chi connectivity index (χ1) is 15.9. The number of carbonyl (C=O) groups is 3. The van der Waals surface area contributed by atoms with Gasteiger partial charge in [0.15, 0.2) is 6.10 Å². The summed E-state index contributed by atoms with van der Waals surface area (Å²) in [6, 6.07) is 24.6. The predicted molar refractivity (Wildman–Crippen MR) is 131 cm³/mol. The molecular weight excluding hydrogens is 434 g/mol. The fraction of sp³-hybridized carbons (Fsp3) is 0.222. The van der Waals surface area contributed by atoms with E-state index in [1.807, 2.05) is 30.3 Å². The Bertz CT molecular complexity index is 1080. The van der Waals surface area contributed by atoms with E-state index in [0.717, 1.165) is 9.79 Å². The summed E-state index contributed by atoms with van der Waals surface area (Å²) >= 11 is 1.65. The Morgan fingerprint density at radius 2 is 1.45 bits per heavy atom. The first-order valence-corrected chi connectivity index (χ1v) is 11.7. The fourth-order valence-corrected chi connectivity index (χ4v) is 3.93. The van der Waals surface area contributed by atoms with Crippen LogP contribution in [-0.2, 0) is 14.3 Å². The van der Waals surface area contributed by atoms with Crippen molar-refractivity contribution in [1.29, 1.82) is 0 Å². The summed E-state index contributed by atoms with van der Waals surface area (Å²) in [6.45, 7) is 3.84. The van der Waals surface area contributed by atoms with Crippen molar-refractivity contribution in [3.63, 3.8) is 0 Å². The predicted octanol–water partition coefficient (Wildman–Crippen LogP) is 6.07. The molecule has 33 heavy (non-hydrogen) atoms. The second kappa shape index (κ2) is 12.0. The van der Waals surface area contributed by atoms with Crippen molar-refractivity contribution < 1.29 is 19.1 Å². The molecule has 0 bridgehead atoms. The van der Waals surface area contributed by atoms with Crippen LogP contribution in [0.4, 0.5) is 5.69 Å². The zero-order valence-electron chi connectivity index (χ0n) is 18.7. The minimum atomic E-state index is -0.846. The molecule has 6 heteroatoms. The highest BCUT2D eigenvalue weighted by molar-refractivity contribution is 7.99. The van der Waals surface area contributed by atoms with Gasteiger partial charge in [-0.2, -0.15) is 0 Å². The van der Waals surface area contributed by atoms with E-state index in [-0.39, 0.29) is 24.5 Å². The Morgan fingerprint density at radius 3 is 2.06 bits per heavy atom. The molecule has 0 aromatic heterocycles. The quantitative estimate of drug-likeness (QED) is 0.293. The molecule has 0 aliphatic heterocycles. The molecule has 0 heterocycles. The number of rotatable bonds is 10. The summed E-state index contributed by atoms with van der Waals surface area (Å²) in [7, 11) is 0. The van der Waals surface area contributed by atoms with E-state index >= 15 is 0 Å². The van der Waals surface area contributed by atoms with Crippen molar-refractivity contribution in [3.8, 4) is 0 Å². The lowest BCUT2D eigenvalue weighted by atomic mass is 10.0. The SMILES string of the molecule is CCC(OC(=O)CCC(=O)Nc1ccc(Sc2ccc(C)cc2)cc1)C(=O)c1ccccc1. The molecule has 170 valence electrons. The maximum Gasteiger partial charge on any atom is 0.307 e. The number of amides is 1. The number of aryl methyl sites for hydroxylation is 1. The molecule has 1 atom stereocenters. The van der Waals surface area contributed by atoms with Crippen molar-refractivity contribution in [3.05, 3.63) is 90.0 Å². The Hall–Kier alpha value is -3.38. The van der Waals surface area contributed by atoms with Gasteiger partial charge < -0.3 is 10.1 Å². The minimum absolute atomic E-state index is 0.0192. The molecule has 3 aromatic carbocycles. The molecule has 0 aliphatic carbocycles. The van der Waals surface area contributed by atoms with Crippen molar-refractivity contribution in [2.24, 2.45) is 0 Å². The Labute approximate surface area is 198 Å². The van der Waals surface area contributed by atoms with Crippen LogP contribution >= 0.6 is 11.8 Å². The number of ketones is 1. The molecule has 3 rings (SSSR count). The highest BCUT2D eigenvalue weighted by Crippen LogP contribution is 2.28. The van der Waals surface area contributed by atoms with Gasteiger partial charge >= 0.3 is 5.97 Å². The highest BCUT2D eigenvalue weighted by atomic mass is 32.2. The first-order valence-electron chi connectivity index (χ1n) is 10.9. The van der Waals surface area contributed by atoms with Gasteiger partial charge in [0.05, 0.1) is 6.42 Å². The summed E-state index contributed by atoms with van der Waals surface area (Å²) in [5.41, 5.74) is 2.38. The summed E-state index contributed by atoms with van der Waals surface area (Å²) in [5.74, 6) is -1.08. The Balaban J connectivity index is 1.45. The molecule has 0 aliphatic rings. The van der Waals surface area contributed by atoms with Crippen LogP contribution in [0, 0.1) is 6.92 Å². The first kappa shape index (κ1) is 24.3. The second-order valence-corrected chi connectivity index (χ2v) is 8.75. The average molecular weight is 462 g/mol. The number of ether oxygens (including phenoxy) is 1. The summed E-state index contributed by atoms with van der Waals surface area (Å²) in [4.78, 5) is 39.1. The average Bonchev–Trinajstić information content (AvgIpc) is 2.84. The smallest absolute Gasteiger partial charge is 0.307 e. The molecule has 1 amide bonds. The van der Waals surface area contributed by atoms with E-state index in [2.05, 4.69) is 36.5 Å². The van der Waals surface area contributed by atoms with Crippen LogP contribution in [0.1, 0.15) is 42.1 Å². The molecule has 0 spiro atoms. The standard InChI is InChI=1S/C27H27NO4S/c1-3-24(27(31)20-7-5-4-6-8-20)32-26(30)18-17-25(29)28-21-11-15-23(16-12-21)33-22-13-9-19(2)10-14-22/h4-16,24H,3,17-18H2,1-2H3,(H,28,29). The lowest BCUT2D eigenvalue weighted by molar-refractivity contribution is -0.148. The second-order valence-electron chi connectivity index (χ2n) is 7.60. The third kappa shape index (κ3) is 7.61. The van der Waals surface area contributed by atoms with E-state index in [9.17, 15) is 14.4 Å². The van der Waals surface area contributed by atoms with Crippen LogP contribution in [0.25, 0.3) is 0 Å². The van der Waals surface area contributed by atoms with E-state index in [1.165, 1.54) is 5.56 Å². The Morgan fingerprint density at radius 1 is 0.848 bits per heavy atom. The number of hydrogen-bond donors (Lipinski definition) is 1. The minimum Gasteiger partial charge on any atom is -0.454 e. The highest BCUT2D eigenvalue weighted by Gasteiger charge is 2.22. The number of anilines is 1. The largest absolute Gasteiger partial charge is 0.454 e. The number of Topliss-reactive ketones (excluding diaryl/α,β-unsaturated/α-hetero) is 1. The molecule has 0 fully saturated rings. The Kier molecular flexibility index (Phi) is 8.84. The molecule has 3 aromatic rings. The van der Waals surface area contributed by atoms with Crippen molar-refractivity contribution in [1.82, 2.24) is 0 Å². The maximum atomic E-state index is 12.5. The number of benzene rings is 3. The van der Waals surface area contributed by atoms with E-state index in [0.29, 0.717) is 17.7 Å². The van der Waals surface area contributed by atoms with Crippen LogP contribution < -0.4 is 5.32 Å². The zero-order chi connectivity index (χ0) is 23.6. The van der Waals surface area contributed by atoms with Gasteiger partial charge in [0.25, 0.3) is 0 Å². The van der Waals surface area contributed by atoms with Crippen molar-refractivity contribution in [2.75, 3.05) is 5.32 Å². The van der Waals surface area contributed by atoms with Gasteiger partial charge in [-0.25, -0.2) is 0 Å². The van der Waals surface area contributed by atoms with E-state index in [1.54, 1.807) is 43.0 Å². The fourth-order valence-electron chi connectivity index (χ4n) is 3.12. The molecule has 0 saturated carbocycles. The topological polar surface area (TPSA) is 72.5 Å². The summed E-state index contributed by atoms with van der Waals surface area (Å²) in [5, 5.41) is 2.79. The summed E-state index contributed by atoms with van der Waals surface area (Å²) < 4.78 is 5.32. The van der Waals surface area contributed by atoms with Crippen molar-refractivity contribution >= 4 is 35.1 Å². The van der Waals surface area contributed by atoms with Gasteiger partial charge in [-0.15, -0.1) is 0 Å². The normalized spacial score (nSPS) is 11.5. The molecule has 1 unspecified atom stereocenters. The molecule has 1 N–H and O–H groups in total. The van der Waals surface area contributed by atoms with Gasteiger partial charge in [0.2, 0.25) is 11.7 Å². The molecule has 0 saturated heterocycles. The molecule has 5 nitrogen and oxygen atoms in total. The lowest BCUT2D eigenvalue weighted by Gasteiger charge is -2.15. The molecular formula is C27H27NO4S. The monoisotopic (exact) mass is 461 g/mol. The number of nitrogens with one attached hydrogen (secondary N) is 1. The van der Waals surface area contributed by atoms with Crippen LogP contribution in [0.3, 0.4) is 0 Å². The third-order valence-electron chi connectivity index (χ3n) is 4.95. The van der Waals surface area contributed by atoms with Crippen molar-refractivity contribution in [2.45, 2.75) is 49.0 Å². The lowest BCUT2D eigenvalue weighted by Crippen LogP contribution is -2.27. The number of esters is 1. The zero-order valence-corrected chi connectivity index (χ0v) is 19.6. The van der Waals surface area contributed by atoms with Gasteiger partial charge in [-0.3, -0.25) is 14.4 Å². The van der Waals surface area contributed by atoms with Gasteiger partial charge in [0, 0.05) is 27.5 Å². The van der Waals surface area contributed by atoms with Gasteiger partial charge in [0.1, 0.15) is 0 Å². The summed E-state index contributed by atoms with van der Waals surface area (Å²) in [6.07, 6.45) is -0.583. The van der Waals surface area contributed by atoms with E-state index < -0.39 is 12.1 Å². The number of carbonyl (C=O) groups excluding carboxylic acids is 3.